The van der Waals surface area contributed by atoms with Gasteiger partial charge in [0.15, 0.2) is 0 Å². The second-order valence-electron chi connectivity index (χ2n) is 6.20. The minimum Gasteiger partial charge on any atom is -0.378 e. The van der Waals surface area contributed by atoms with Gasteiger partial charge in [-0.15, -0.1) is 0 Å². The zero-order chi connectivity index (χ0) is 15.7. The number of para-hydroxylation sites is 1. The summed E-state index contributed by atoms with van der Waals surface area (Å²) in [6, 6.07) is 7.65. The first-order valence-electron chi connectivity index (χ1n) is 7.74. The minimum absolute atomic E-state index is 0.157. The van der Waals surface area contributed by atoms with E-state index in [1.807, 2.05) is 24.3 Å². The molecule has 2 aromatic rings. The van der Waals surface area contributed by atoms with Gasteiger partial charge in [-0.05, 0) is 18.4 Å². The molecular weight excluding hydrogens is 300 g/mol. The van der Waals surface area contributed by atoms with Crippen LogP contribution in [0, 0.1) is 11.8 Å². The molecule has 0 unspecified atom stereocenters. The summed E-state index contributed by atoms with van der Waals surface area (Å²) in [5.74, 6) is 0.670. The average molecular weight is 321 g/mol. The van der Waals surface area contributed by atoms with Gasteiger partial charge in [0.1, 0.15) is 5.69 Å². The molecule has 1 aromatic carbocycles. The second-order valence-corrected chi connectivity index (χ2v) is 6.58. The first-order chi connectivity index (χ1) is 10.6. The predicted octanol–water partition coefficient (Wildman–Crippen LogP) is 3.61. The Hall–Kier alpha value is -1.52. The van der Waals surface area contributed by atoms with Crippen molar-refractivity contribution in [2.24, 2.45) is 11.8 Å². The van der Waals surface area contributed by atoms with Crippen LogP contribution in [-0.4, -0.2) is 30.1 Å². The van der Waals surface area contributed by atoms with Gasteiger partial charge >= 0.3 is 0 Å². The number of halogens is 1. The van der Waals surface area contributed by atoms with Gasteiger partial charge in [0, 0.05) is 30.0 Å². The number of nitrogens with one attached hydrogen (secondary N) is 2. The molecule has 118 valence electrons. The maximum absolute atomic E-state index is 12.4. The predicted molar refractivity (Wildman–Crippen MR) is 88.3 cm³/mol. The number of ether oxygens (including phenoxy) is 1. The number of carbonyl (C=O) groups is 1. The molecule has 2 atom stereocenters. The maximum Gasteiger partial charge on any atom is 0.269 e. The summed E-state index contributed by atoms with van der Waals surface area (Å²) in [5, 5.41) is 4.35. The zero-order valence-corrected chi connectivity index (χ0v) is 13.6. The normalized spacial score (nSPS) is 21.6. The fourth-order valence-electron chi connectivity index (χ4n) is 3.19. The lowest BCUT2D eigenvalue weighted by Crippen LogP contribution is -2.35. The lowest BCUT2D eigenvalue weighted by molar-refractivity contribution is 0.0533. The first kappa shape index (κ1) is 15.4. The molecule has 0 spiro atoms. The van der Waals surface area contributed by atoms with E-state index in [1.54, 1.807) is 0 Å². The second kappa shape index (κ2) is 6.31. The Bertz CT molecular complexity index is 680. The van der Waals surface area contributed by atoms with Crippen LogP contribution in [0.3, 0.4) is 0 Å². The molecule has 2 N–H and O–H groups in total. The Morgan fingerprint density at radius 2 is 2.23 bits per heavy atom. The number of hydrogen-bond donors (Lipinski definition) is 2. The number of hydrogen-bond acceptors (Lipinski definition) is 2. The van der Waals surface area contributed by atoms with Crippen molar-refractivity contribution in [2.75, 3.05) is 13.2 Å². The molecule has 2 heterocycles. The number of H-pyrrole nitrogens is 1. The monoisotopic (exact) mass is 320 g/mol. The van der Waals surface area contributed by atoms with E-state index in [2.05, 4.69) is 24.1 Å². The Balaban J connectivity index is 1.70. The maximum atomic E-state index is 12.4. The molecule has 0 bridgehead atoms. The van der Waals surface area contributed by atoms with Crippen LogP contribution in [0.15, 0.2) is 24.3 Å². The van der Waals surface area contributed by atoms with Crippen molar-refractivity contribution in [3.05, 3.63) is 35.0 Å². The summed E-state index contributed by atoms with van der Waals surface area (Å²) in [6.45, 7) is 5.70. The van der Waals surface area contributed by atoms with Crippen LogP contribution in [0.4, 0.5) is 0 Å². The Kier molecular flexibility index (Phi) is 4.41. The van der Waals surface area contributed by atoms with Gasteiger partial charge in [-0.25, -0.2) is 0 Å². The molecule has 3 rings (SSSR count). The van der Waals surface area contributed by atoms with Crippen molar-refractivity contribution < 1.29 is 9.53 Å². The summed E-state index contributed by atoms with van der Waals surface area (Å²) in [4.78, 5) is 15.5. The van der Waals surface area contributed by atoms with Crippen molar-refractivity contribution in [2.45, 2.75) is 26.4 Å². The van der Waals surface area contributed by atoms with Crippen LogP contribution in [0.1, 0.15) is 30.8 Å². The number of amides is 1. The molecule has 5 heteroatoms. The molecular formula is C17H21ClN2O2. The Labute approximate surface area is 135 Å². The molecule has 1 aliphatic heterocycles. The standard InChI is InChI=1S/C17H21ClN2O2/c1-10(2)16-11(7-8-22-16)9-19-17(21)15-14(18)12-5-3-4-6-13(12)20-15/h3-6,10-11,16,20H,7-9H2,1-2H3,(H,19,21)/t11-,16-/m1/s1. The van der Waals surface area contributed by atoms with Crippen molar-refractivity contribution in [3.8, 4) is 0 Å². The quantitative estimate of drug-likeness (QED) is 0.904. The number of rotatable bonds is 4. The summed E-state index contributed by atoms with van der Waals surface area (Å²) in [7, 11) is 0. The Morgan fingerprint density at radius 1 is 1.45 bits per heavy atom. The highest BCUT2D eigenvalue weighted by Gasteiger charge is 2.31. The molecule has 0 radical (unpaired) electrons. The van der Waals surface area contributed by atoms with Crippen LogP contribution in [0.5, 0.6) is 0 Å². The molecule has 1 saturated heterocycles. The van der Waals surface area contributed by atoms with Gasteiger partial charge < -0.3 is 15.0 Å². The van der Waals surface area contributed by atoms with E-state index >= 15 is 0 Å². The van der Waals surface area contributed by atoms with Crippen LogP contribution >= 0.6 is 11.6 Å². The van der Waals surface area contributed by atoms with Gasteiger partial charge in [0.25, 0.3) is 5.91 Å². The molecule has 0 aliphatic carbocycles. The molecule has 1 fully saturated rings. The van der Waals surface area contributed by atoms with E-state index in [0.717, 1.165) is 23.9 Å². The van der Waals surface area contributed by atoms with Gasteiger partial charge in [-0.1, -0.05) is 43.6 Å². The van der Waals surface area contributed by atoms with Crippen LogP contribution in [0.2, 0.25) is 5.02 Å². The summed E-state index contributed by atoms with van der Waals surface area (Å²) >= 11 is 6.31. The van der Waals surface area contributed by atoms with Gasteiger partial charge in [-0.3, -0.25) is 4.79 Å². The molecule has 0 saturated carbocycles. The van der Waals surface area contributed by atoms with Crippen LogP contribution < -0.4 is 5.32 Å². The van der Waals surface area contributed by atoms with E-state index in [-0.39, 0.29) is 12.0 Å². The van der Waals surface area contributed by atoms with Crippen LogP contribution in [-0.2, 0) is 4.74 Å². The smallest absolute Gasteiger partial charge is 0.269 e. The SMILES string of the molecule is CC(C)[C@H]1OCC[C@@H]1CNC(=O)c1[nH]c2ccccc2c1Cl. The van der Waals surface area contributed by atoms with E-state index in [1.165, 1.54) is 0 Å². The third kappa shape index (κ3) is 2.85. The van der Waals surface area contributed by atoms with E-state index in [4.69, 9.17) is 16.3 Å². The molecule has 4 nitrogen and oxygen atoms in total. The summed E-state index contributed by atoms with van der Waals surface area (Å²) < 4.78 is 5.75. The number of aromatic nitrogens is 1. The van der Waals surface area contributed by atoms with Crippen molar-refractivity contribution in [1.82, 2.24) is 10.3 Å². The molecule has 22 heavy (non-hydrogen) atoms. The fourth-order valence-corrected chi connectivity index (χ4v) is 3.49. The lowest BCUT2D eigenvalue weighted by atomic mass is 9.93. The fraction of sp³-hybridized carbons (Fsp3) is 0.471. The van der Waals surface area contributed by atoms with Crippen molar-refractivity contribution >= 4 is 28.4 Å². The largest absolute Gasteiger partial charge is 0.378 e. The highest BCUT2D eigenvalue weighted by Crippen LogP contribution is 2.28. The zero-order valence-electron chi connectivity index (χ0n) is 12.9. The first-order valence-corrected chi connectivity index (χ1v) is 8.11. The van der Waals surface area contributed by atoms with E-state index in [9.17, 15) is 4.79 Å². The minimum atomic E-state index is -0.157. The molecule has 1 aliphatic rings. The molecule has 1 amide bonds. The lowest BCUT2D eigenvalue weighted by Gasteiger charge is -2.22. The third-order valence-electron chi connectivity index (χ3n) is 4.32. The van der Waals surface area contributed by atoms with Crippen LogP contribution in [0.25, 0.3) is 10.9 Å². The van der Waals surface area contributed by atoms with Gasteiger partial charge in [-0.2, -0.15) is 0 Å². The van der Waals surface area contributed by atoms with Crippen molar-refractivity contribution in [3.63, 3.8) is 0 Å². The van der Waals surface area contributed by atoms with E-state index in [0.29, 0.717) is 29.1 Å². The highest BCUT2D eigenvalue weighted by molar-refractivity contribution is 6.38. The topological polar surface area (TPSA) is 54.1 Å². The van der Waals surface area contributed by atoms with Gasteiger partial charge in [0.2, 0.25) is 0 Å². The summed E-state index contributed by atoms with van der Waals surface area (Å²) in [5.41, 5.74) is 1.31. The average Bonchev–Trinajstić information content (AvgIpc) is 3.10. The van der Waals surface area contributed by atoms with Crippen molar-refractivity contribution in [1.29, 1.82) is 0 Å². The summed E-state index contributed by atoms with van der Waals surface area (Å²) in [6.07, 6.45) is 1.21. The molecule has 1 aromatic heterocycles. The number of aromatic amines is 1. The number of benzene rings is 1. The highest BCUT2D eigenvalue weighted by atomic mass is 35.5. The van der Waals surface area contributed by atoms with Gasteiger partial charge in [0.05, 0.1) is 11.1 Å². The Morgan fingerprint density at radius 3 is 2.95 bits per heavy atom. The van der Waals surface area contributed by atoms with E-state index < -0.39 is 0 Å². The number of fused-ring (bicyclic) bond motifs is 1. The number of carbonyl (C=O) groups excluding carboxylic acids is 1. The third-order valence-corrected chi connectivity index (χ3v) is 4.71.